The van der Waals surface area contributed by atoms with Crippen LogP contribution in [0.25, 0.3) is 0 Å². The van der Waals surface area contributed by atoms with Crippen LogP contribution in [0.4, 0.5) is 0 Å². The minimum absolute atomic E-state index is 0.0269. The SMILES string of the molecule is COC(=O)C1OC(OC2CCC3(C)C(CCC4(C)C3CC=C3C5CC(C)(C)CCC5(C(=O)OC5OC(C)C(OC(C)=O)C(OC6OC(COC(C)=O)C(O)C6O)C5OC5OC(C)C(OC6OCC(O)C(O)C6O)C(O)C5O)C(O)CC34C)C2(C)C=O)C(OC2OC(CO)C(O)C(O)C2O)C(O)C1O. The number of fused-ring (bicyclic) bond motifs is 7. The molecule has 34 nitrogen and oxygen atoms in total. The van der Waals surface area contributed by atoms with Gasteiger partial charge in [0.1, 0.15) is 122 Å². The van der Waals surface area contributed by atoms with Crippen LogP contribution >= 0.6 is 0 Å². The number of aliphatic hydroxyl groups is 14. The van der Waals surface area contributed by atoms with E-state index in [-0.39, 0.29) is 25.2 Å². The van der Waals surface area contributed by atoms with E-state index in [0.29, 0.717) is 38.5 Å². The average Bonchev–Trinajstić information content (AvgIpc) is 0.814. The fraction of sp³-hybridized carbons (Fsp3) is 0.899. The smallest absolute Gasteiger partial charge is 0.337 e. The predicted octanol–water partition coefficient (Wildman–Crippen LogP) is -3.58. The molecule has 0 aromatic heterocycles. The van der Waals surface area contributed by atoms with E-state index < -0.39 is 272 Å². The lowest BCUT2D eigenvalue weighted by molar-refractivity contribution is -0.382. The summed E-state index contributed by atoms with van der Waals surface area (Å²) in [7, 11) is 1.04. The Hall–Kier alpha value is -3.71. The van der Waals surface area contributed by atoms with E-state index in [0.717, 1.165) is 32.8 Å². The maximum Gasteiger partial charge on any atom is 0.337 e. The Morgan fingerprint density at radius 2 is 1.14 bits per heavy atom. The molecule has 10 fully saturated rings. The first-order valence-corrected chi connectivity index (χ1v) is 35.7. The predicted molar refractivity (Wildman–Crippen MR) is 339 cm³/mol. The number of hydrogen-bond donors (Lipinski definition) is 14. The number of aliphatic hydroxyl groups excluding tert-OH is 14. The number of aldehydes is 1. The van der Waals surface area contributed by atoms with Crippen LogP contribution in [0.1, 0.15) is 127 Å². The molecule has 6 aliphatic heterocycles. The van der Waals surface area contributed by atoms with Crippen LogP contribution in [0.5, 0.6) is 0 Å². The molecule has 4 saturated carbocycles. The molecule has 34 heteroatoms. The first-order chi connectivity index (χ1) is 48.3. The molecule has 6 saturated heterocycles. The van der Waals surface area contributed by atoms with Crippen molar-refractivity contribution in [2.24, 2.45) is 50.2 Å². The van der Waals surface area contributed by atoms with Gasteiger partial charge in [0.15, 0.2) is 49.8 Å². The Labute approximate surface area is 594 Å². The number of carbonyl (C=O) groups excluding carboxylic acids is 5. The van der Waals surface area contributed by atoms with Gasteiger partial charge in [0.2, 0.25) is 6.29 Å². The van der Waals surface area contributed by atoms with E-state index in [1.54, 1.807) is 6.92 Å². The molecule has 14 N–H and O–H groups in total. The topological polar surface area (TPSA) is 507 Å². The summed E-state index contributed by atoms with van der Waals surface area (Å²) >= 11 is 0. The Morgan fingerprint density at radius 1 is 0.553 bits per heavy atom. The molecule has 0 radical (unpaired) electrons. The fourth-order valence-corrected chi connectivity index (χ4v) is 19.5. The van der Waals surface area contributed by atoms with E-state index in [1.165, 1.54) is 13.8 Å². The van der Waals surface area contributed by atoms with Crippen LogP contribution in [-0.2, 0) is 95.0 Å². The van der Waals surface area contributed by atoms with Gasteiger partial charge in [0.25, 0.3) is 0 Å². The highest BCUT2D eigenvalue weighted by Gasteiger charge is 2.73. The van der Waals surface area contributed by atoms with Crippen molar-refractivity contribution in [2.45, 2.75) is 311 Å². The molecule has 103 heavy (non-hydrogen) atoms. The number of hydrogen-bond acceptors (Lipinski definition) is 34. The molecule has 0 aromatic carbocycles. The van der Waals surface area contributed by atoms with Crippen molar-refractivity contribution in [3.63, 3.8) is 0 Å². The summed E-state index contributed by atoms with van der Waals surface area (Å²) in [5.74, 6) is -4.99. The van der Waals surface area contributed by atoms with Crippen molar-refractivity contribution in [2.75, 3.05) is 26.9 Å². The summed E-state index contributed by atoms with van der Waals surface area (Å²) in [6, 6.07) is 0. The van der Waals surface area contributed by atoms with E-state index in [1.807, 2.05) is 0 Å². The van der Waals surface area contributed by atoms with Gasteiger partial charge in [0.05, 0.1) is 50.2 Å². The zero-order valence-corrected chi connectivity index (χ0v) is 59.6. The molecule has 0 amide bonds. The summed E-state index contributed by atoms with van der Waals surface area (Å²) in [6.45, 7) is 15.6. The summed E-state index contributed by atoms with van der Waals surface area (Å²) < 4.78 is 89.7. The number of rotatable bonds is 18. The fourth-order valence-electron chi connectivity index (χ4n) is 19.5. The molecule has 6 heterocycles. The minimum Gasteiger partial charge on any atom is -0.467 e. The van der Waals surface area contributed by atoms with Gasteiger partial charge in [-0.2, -0.15) is 0 Å². The van der Waals surface area contributed by atoms with Crippen LogP contribution in [0, 0.1) is 50.2 Å². The molecular formula is C69H106O34. The van der Waals surface area contributed by atoms with Gasteiger partial charge < -0.3 is 147 Å². The zero-order chi connectivity index (χ0) is 75.4. The number of esters is 4. The average molecular weight is 1480 g/mol. The van der Waals surface area contributed by atoms with Gasteiger partial charge in [-0.25, -0.2) is 4.79 Å². The maximum atomic E-state index is 16.2. The van der Waals surface area contributed by atoms with E-state index in [4.69, 9.17) is 71.1 Å². The molecule has 0 aromatic rings. The highest BCUT2D eigenvalue weighted by molar-refractivity contribution is 5.80. The Balaban J connectivity index is 0.895. The van der Waals surface area contributed by atoms with Crippen LogP contribution in [0.3, 0.4) is 0 Å². The zero-order valence-electron chi connectivity index (χ0n) is 59.6. The van der Waals surface area contributed by atoms with Crippen molar-refractivity contribution in [1.29, 1.82) is 0 Å². The molecule has 5 aliphatic carbocycles. The second kappa shape index (κ2) is 30.3. The van der Waals surface area contributed by atoms with Crippen molar-refractivity contribution in [3.05, 3.63) is 11.6 Å². The first kappa shape index (κ1) is 80.3. The van der Waals surface area contributed by atoms with Gasteiger partial charge in [-0.1, -0.05) is 53.2 Å². The van der Waals surface area contributed by atoms with Gasteiger partial charge in [-0.05, 0) is 111 Å². The third kappa shape index (κ3) is 14.1. The normalized spacial score (nSPS) is 51.8. The lowest BCUT2D eigenvalue weighted by Crippen LogP contribution is -2.69. The molecule has 11 rings (SSSR count). The molecule has 11 aliphatic rings. The van der Waals surface area contributed by atoms with Crippen LogP contribution in [0.2, 0.25) is 0 Å². The number of methoxy groups -OCH3 is 1. The summed E-state index contributed by atoms with van der Waals surface area (Å²) in [5, 5.41) is 156. The van der Waals surface area contributed by atoms with Gasteiger partial charge >= 0.3 is 23.9 Å². The standard InChI is InChI=1S/C69H106O34/c1-26-50(98-57-46(83)39(76)32(74)23-91-57)45(82)49(86)58(92-26)102-55-54(101-59-47(84)41(78)34(96-59)24-90-28(3)72)51(94-29(4)73)27(2)93-62(55)103-63(88)69-19-18-64(5,6)20-31(69)30-12-13-36-65(7)16-15-38(66(8,25-71)35(65)14-17-67(36,9)68(30,10)21-37(69)75)97-61-53(44(81)43(80)52(99-61)56(87)89-11)100-60-48(85)42(79)40(77)33(22-70)95-60/h12,25-27,31-55,57-62,70,74-86H,13-24H2,1-11H3. The van der Waals surface area contributed by atoms with Gasteiger partial charge in [0, 0.05) is 13.8 Å². The quantitative estimate of drug-likeness (QED) is 0.0207. The third-order valence-electron chi connectivity index (χ3n) is 25.5. The third-order valence-corrected chi connectivity index (χ3v) is 25.5. The number of allylic oxidation sites excluding steroid dienone is 2. The Bertz CT molecular complexity index is 3070. The summed E-state index contributed by atoms with van der Waals surface area (Å²) in [5.41, 5.74) is -4.76. The first-order valence-electron chi connectivity index (χ1n) is 35.7. The van der Waals surface area contributed by atoms with Crippen LogP contribution < -0.4 is 0 Å². The van der Waals surface area contributed by atoms with Crippen molar-refractivity contribution >= 4 is 30.2 Å². The summed E-state index contributed by atoms with van der Waals surface area (Å²) in [4.78, 5) is 68.4. The van der Waals surface area contributed by atoms with Crippen LogP contribution in [0.15, 0.2) is 11.6 Å². The highest BCUT2D eigenvalue weighted by atomic mass is 16.8. The van der Waals surface area contributed by atoms with Crippen molar-refractivity contribution < 1.29 is 167 Å². The van der Waals surface area contributed by atoms with Crippen LogP contribution in [-0.4, -0.2) is 313 Å². The van der Waals surface area contributed by atoms with E-state index in [9.17, 15) is 90.7 Å². The minimum atomic E-state index is -2.09. The van der Waals surface area contributed by atoms with Crippen molar-refractivity contribution in [1.82, 2.24) is 0 Å². The number of carbonyl (C=O) groups is 5. The molecule has 586 valence electrons. The van der Waals surface area contributed by atoms with Gasteiger partial charge in [-0.3, -0.25) is 14.4 Å². The van der Waals surface area contributed by atoms with Gasteiger partial charge in [-0.15, -0.1) is 0 Å². The summed E-state index contributed by atoms with van der Waals surface area (Å²) in [6.07, 6.45) is -45.7. The lowest BCUT2D eigenvalue weighted by Gasteiger charge is -2.71. The molecule has 38 unspecified atom stereocenters. The molecule has 38 atom stereocenters. The second-order valence-electron chi connectivity index (χ2n) is 32.1. The monoisotopic (exact) mass is 1480 g/mol. The highest BCUT2D eigenvalue weighted by Crippen LogP contribution is 2.76. The Kier molecular flexibility index (Phi) is 23.6. The molecule has 0 bridgehead atoms. The van der Waals surface area contributed by atoms with E-state index in [2.05, 4.69) is 40.7 Å². The Morgan fingerprint density at radius 3 is 1.79 bits per heavy atom. The number of ether oxygens (including phenoxy) is 15. The second-order valence-corrected chi connectivity index (χ2v) is 32.1. The van der Waals surface area contributed by atoms with Crippen molar-refractivity contribution in [3.8, 4) is 0 Å². The van der Waals surface area contributed by atoms with E-state index >= 15 is 4.79 Å². The maximum absolute atomic E-state index is 16.2. The molecule has 0 spiro atoms. The lowest BCUT2D eigenvalue weighted by atomic mass is 9.33. The molecular weight excluding hydrogens is 1370 g/mol. The largest absolute Gasteiger partial charge is 0.467 e.